The Hall–Kier alpha value is -4.57. The van der Waals surface area contributed by atoms with E-state index in [1.165, 1.54) is 38.5 Å². The fourth-order valence-electron chi connectivity index (χ4n) is 8.71. The smallest absolute Gasteiger partial charge is 0.463 e. The number of hydrogen-bond donors (Lipinski definition) is 4. The molecule has 0 aliphatic heterocycles. The molecule has 530 valence electrons. The number of unbranched alkanes of at least 4 members (excludes halogenated alkanes) is 18. The van der Waals surface area contributed by atoms with Crippen LogP contribution in [0.5, 0.6) is 0 Å². The van der Waals surface area contributed by atoms with Crippen LogP contribution in [0.15, 0.2) is 146 Å². The molecule has 0 rings (SSSR count). The van der Waals surface area contributed by atoms with Crippen molar-refractivity contribution in [3.8, 4) is 0 Å². The molecule has 0 spiro atoms. The molecule has 0 aromatic heterocycles. The summed E-state index contributed by atoms with van der Waals surface area (Å²) in [6.07, 6.45) is 80.4. The lowest BCUT2D eigenvalue weighted by Crippen LogP contribution is -2.30. The predicted octanol–water partition coefficient (Wildman–Crippen LogP) is 19.8. The van der Waals surface area contributed by atoms with E-state index in [1.807, 2.05) is 0 Å². The summed E-state index contributed by atoms with van der Waals surface area (Å²) in [5.41, 5.74) is 0. The molecule has 0 aromatic rings. The number of carbonyl (C=O) groups excluding carboxylic acids is 3. The van der Waals surface area contributed by atoms with Crippen molar-refractivity contribution in [1.29, 1.82) is 0 Å². The van der Waals surface area contributed by atoms with Gasteiger partial charge in [-0.05, 0) is 141 Å². The van der Waals surface area contributed by atoms with Crippen LogP contribution >= 0.6 is 15.6 Å². The molecule has 93 heavy (non-hydrogen) atoms. The molecular formula is C75H124O16P2. The highest BCUT2D eigenvalue weighted by Crippen LogP contribution is 2.45. The third-order valence-corrected chi connectivity index (χ3v) is 15.9. The second-order valence-electron chi connectivity index (χ2n) is 22.9. The number of esters is 3. The fourth-order valence-corrected chi connectivity index (χ4v) is 10.3. The quantitative estimate of drug-likeness (QED) is 0.0146. The molecule has 18 heteroatoms. The highest BCUT2D eigenvalue weighted by molar-refractivity contribution is 7.47. The van der Waals surface area contributed by atoms with Crippen molar-refractivity contribution in [3.05, 3.63) is 146 Å². The van der Waals surface area contributed by atoms with Crippen molar-refractivity contribution in [2.75, 3.05) is 39.6 Å². The molecule has 0 aliphatic carbocycles. The summed E-state index contributed by atoms with van der Waals surface area (Å²) in [5, 5.41) is 20.6. The van der Waals surface area contributed by atoms with Gasteiger partial charge < -0.3 is 34.2 Å². The van der Waals surface area contributed by atoms with Crippen LogP contribution in [0.4, 0.5) is 0 Å². The Kier molecular flexibility index (Phi) is 64.1. The van der Waals surface area contributed by atoms with Crippen LogP contribution in [0, 0.1) is 0 Å². The van der Waals surface area contributed by atoms with Crippen LogP contribution in [0.1, 0.15) is 252 Å². The normalized spacial score (nSPS) is 15.0. The summed E-state index contributed by atoms with van der Waals surface area (Å²) in [7, 11) is -9.81. The minimum atomic E-state index is -4.94. The number of aliphatic hydroxyl groups is 2. The first kappa shape index (κ1) is 88.4. The number of allylic oxidation sites excluding steroid dienone is 24. The third kappa shape index (κ3) is 68.6. The number of phosphoric ester groups is 2. The Morgan fingerprint density at radius 2 is 0.570 bits per heavy atom. The lowest BCUT2D eigenvalue weighted by molar-refractivity contribution is -0.161. The fraction of sp³-hybridized carbons (Fsp3) is 0.640. The van der Waals surface area contributed by atoms with Gasteiger partial charge in [0.1, 0.15) is 25.4 Å². The van der Waals surface area contributed by atoms with Gasteiger partial charge in [0.05, 0.1) is 26.4 Å². The maximum Gasteiger partial charge on any atom is 0.472 e. The molecule has 0 aromatic carbocycles. The average Bonchev–Trinajstić information content (AvgIpc) is 3.74. The van der Waals surface area contributed by atoms with Gasteiger partial charge in [-0.1, -0.05) is 237 Å². The second-order valence-corrected chi connectivity index (χ2v) is 25.8. The van der Waals surface area contributed by atoms with Gasteiger partial charge in [-0.3, -0.25) is 32.5 Å². The molecular weight excluding hydrogens is 1220 g/mol. The Morgan fingerprint density at radius 1 is 0.312 bits per heavy atom. The first-order valence-electron chi connectivity index (χ1n) is 35.1. The molecule has 0 amide bonds. The van der Waals surface area contributed by atoms with E-state index in [9.17, 15) is 43.5 Å². The molecule has 0 radical (unpaired) electrons. The molecule has 5 unspecified atom stereocenters. The molecule has 0 heterocycles. The van der Waals surface area contributed by atoms with Gasteiger partial charge in [-0.25, -0.2) is 9.13 Å². The summed E-state index contributed by atoms with van der Waals surface area (Å²) < 4.78 is 60.9. The predicted molar refractivity (Wildman–Crippen MR) is 380 cm³/mol. The lowest BCUT2D eigenvalue weighted by atomic mass is 10.1. The minimum Gasteiger partial charge on any atom is -0.463 e. The Balaban J connectivity index is 4.71. The molecule has 0 saturated heterocycles. The summed E-state index contributed by atoms with van der Waals surface area (Å²) in [6.45, 7) is 2.34. The van der Waals surface area contributed by atoms with E-state index in [0.29, 0.717) is 19.3 Å². The summed E-state index contributed by atoms with van der Waals surface area (Å²) >= 11 is 0. The zero-order valence-corrected chi connectivity index (χ0v) is 59.2. The van der Waals surface area contributed by atoms with Gasteiger partial charge in [0.15, 0.2) is 6.10 Å². The van der Waals surface area contributed by atoms with E-state index in [-0.39, 0.29) is 19.3 Å². The lowest BCUT2D eigenvalue weighted by Gasteiger charge is -2.21. The summed E-state index contributed by atoms with van der Waals surface area (Å²) in [5.74, 6) is -1.65. The first-order chi connectivity index (χ1) is 45.2. The maximum atomic E-state index is 12.9. The number of aliphatic hydroxyl groups excluding tert-OH is 2. The van der Waals surface area contributed by atoms with Crippen molar-refractivity contribution in [2.45, 2.75) is 270 Å². The number of carbonyl (C=O) groups is 3. The summed E-state index contributed by atoms with van der Waals surface area (Å²) in [4.78, 5) is 58.4. The van der Waals surface area contributed by atoms with E-state index in [2.05, 4.69) is 167 Å². The van der Waals surface area contributed by atoms with Crippen LogP contribution in [0.3, 0.4) is 0 Å². The Bertz CT molecular complexity index is 2280. The van der Waals surface area contributed by atoms with Crippen molar-refractivity contribution < 1.29 is 75.8 Å². The standard InChI is InChI=1S/C75H124O16P2/c1-4-7-10-13-16-19-22-25-28-30-32-33-34-35-37-39-41-43-46-49-52-55-58-61-73(78)85-64-70(76)65-87-92(81,82)88-66-71(77)67-89-93(83,84)90-69-72(91-75(80)63-60-57-54-51-48-45-40-27-24-21-18-15-12-9-6-3)68-86-74(79)62-59-56-53-50-47-44-42-38-36-31-29-26-23-20-17-14-11-8-5-2/h7-8,10-11,16-17,19-20,25-29,32-33,35-38,40-41,43-44,47,70-72,76-77H,4-6,9,12-15,18,21-24,30-31,34,39,42,45-46,48-69H2,1-3H3,(H,81,82)(H,83,84)/b10-7-,11-8-,19-16-,20-17-,28-25-,29-26-,33-32-,37-35-,38-36-,40-27-,43-41-,47-44-. The largest absolute Gasteiger partial charge is 0.472 e. The Morgan fingerprint density at radius 3 is 0.925 bits per heavy atom. The monoisotopic (exact) mass is 1340 g/mol. The highest BCUT2D eigenvalue weighted by atomic mass is 31.2. The number of ether oxygens (including phenoxy) is 3. The van der Waals surface area contributed by atoms with Crippen LogP contribution in [-0.2, 0) is 55.8 Å². The van der Waals surface area contributed by atoms with Gasteiger partial charge in [0.25, 0.3) is 0 Å². The van der Waals surface area contributed by atoms with E-state index in [4.69, 9.17) is 32.3 Å². The van der Waals surface area contributed by atoms with Crippen LogP contribution in [0.2, 0.25) is 0 Å². The van der Waals surface area contributed by atoms with Crippen molar-refractivity contribution >= 4 is 33.6 Å². The average molecular weight is 1340 g/mol. The Labute approximate surface area is 562 Å². The van der Waals surface area contributed by atoms with E-state index in [1.54, 1.807) is 0 Å². The molecule has 0 aliphatic rings. The van der Waals surface area contributed by atoms with Crippen LogP contribution in [-0.4, -0.2) is 95.9 Å². The first-order valence-corrected chi connectivity index (χ1v) is 38.1. The second kappa shape index (κ2) is 67.4. The van der Waals surface area contributed by atoms with Gasteiger partial charge in [0.2, 0.25) is 0 Å². The molecule has 0 saturated carbocycles. The molecule has 0 bridgehead atoms. The van der Waals surface area contributed by atoms with Crippen LogP contribution in [0.25, 0.3) is 0 Å². The third-order valence-electron chi connectivity index (χ3n) is 14.0. The van der Waals surface area contributed by atoms with E-state index < -0.39 is 91.5 Å². The zero-order chi connectivity index (χ0) is 68.1. The molecule has 0 fully saturated rings. The van der Waals surface area contributed by atoms with Crippen molar-refractivity contribution in [3.63, 3.8) is 0 Å². The SMILES string of the molecule is CC/C=C\C/C=C\C/C=C\C/C=C\C/C=C\C/C=C\CCCCCCC(=O)OCC(O)COP(=O)(O)OCC(O)COP(=O)(O)OCC(COC(=O)CCCCC/C=C\C/C=C\C/C=C\C/C=C\C/C=C\CC)OC(=O)CCCCCCC/C=C\CCCCCCCC. The van der Waals surface area contributed by atoms with E-state index in [0.717, 1.165) is 154 Å². The molecule has 4 N–H and O–H groups in total. The van der Waals surface area contributed by atoms with E-state index >= 15 is 0 Å². The van der Waals surface area contributed by atoms with Crippen molar-refractivity contribution in [1.82, 2.24) is 0 Å². The highest BCUT2D eigenvalue weighted by Gasteiger charge is 2.29. The summed E-state index contributed by atoms with van der Waals surface area (Å²) in [6, 6.07) is 0. The van der Waals surface area contributed by atoms with Gasteiger partial charge in [-0.2, -0.15) is 0 Å². The zero-order valence-electron chi connectivity index (χ0n) is 57.4. The molecule has 16 nitrogen and oxygen atoms in total. The number of hydrogen-bond acceptors (Lipinski definition) is 14. The van der Waals surface area contributed by atoms with Crippen LogP contribution < -0.4 is 0 Å². The van der Waals surface area contributed by atoms with Crippen molar-refractivity contribution in [2.24, 2.45) is 0 Å². The number of rotatable bonds is 65. The topological polar surface area (TPSA) is 231 Å². The number of phosphoric acid groups is 2. The van der Waals surface area contributed by atoms with Gasteiger partial charge in [-0.15, -0.1) is 0 Å². The van der Waals surface area contributed by atoms with Gasteiger partial charge >= 0.3 is 33.6 Å². The molecule has 5 atom stereocenters. The maximum absolute atomic E-state index is 12.9. The minimum absolute atomic E-state index is 0.0823. The van der Waals surface area contributed by atoms with Gasteiger partial charge in [0, 0.05) is 19.3 Å².